The minimum Gasteiger partial charge on any atom is -0.481 e. The lowest BCUT2D eigenvalue weighted by molar-refractivity contribution is -0.133. The van der Waals surface area contributed by atoms with E-state index in [0.29, 0.717) is 12.0 Å². The number of hydrogen-bond acceptors (Lipinski definition) is 4. The zero-order valence-electron chi connectivity index (χ0n) is 13.0. The molecule has 0 saturated carbocycles. The maximum Gasteiger partial charge on any atom is 0.313 e. The summed E-state index contributed by atoms with van der Waals surface area (Å²) in [6.45, 7) is 7.28. The monoisotopic (exact) mass is 299 g/mol. The van der Waals surface area contributed by atoms with Gasteiger partial charge in [-0.25, -0.2) is 4.98 Å². The first-order chi connectivity index (χ1) is 9.29. The number of carbonyl (C=O) groups is 1. The smallest absolute Gasteiger partial charge is 0.313 e. The van der Waals surface area contributed by atoms with Crippen LogP contribution < -0.4 is 0 Å². The number of rotatable bonds is 8. The first kappa shape index (κ1) is 17.0. The van der Waals surface area contributed by atoms with Crippen LogP contribution in [0.3, 0.4) is 0 Å². The van der Waals surface area contributed by atoms with Crippen LogP contribution in [0.2, 0.25) is 0 Å². The van der Waals surface area contributed by atoms with Crippen molar-refractivity contribution in [3.63, 3.8) is 0 Å². The van der Waals surface area contributed by atoms with E-state index in [1.165, 1.54) is 11.8 Å². The van der Waals surface area contributed by atoms with E-state index in [0.717, 1.165) is 23.8 Å². The molecular weight excluding hydrogens is 274 g/mol. The van der Waals surface area contributed by atoms with Crippen molar-refractivity contribution in [2.24, 2.45) is 5.92 Å². The third-order valence-electron chi connectivity index (χ3n) is 2.86. The van der Waals surface area contributed by atoms with Crippen LogP contribution in [0.5, 0.6) is 0 Å². The lowest BCUT2D eigenvalue weighted by Crippen LogP contribution is -2.26. The number of carboxylic acid groups (broad SMARTS) is 1. The van der Waals surface area contributed by atoms with Gasteiger partial charge in [0.25, 0.3) is 0 Å². The molecule has 0 bridgehead atoms. The Morgan fingerprint density at radius 3 is 2.65 bits per heavy atom. The minimum atomic E-state index is -0.810. The molecule has 5 nitrogen and oxygen atoms in total. The Hall–Kier alpha value is -1.01. The predicted octanol–water partition coefficient (Wildman–Crippen LogP) is 2.52. The molecule has 0 aliphatic heterocycles. The second-order valence-corrected chi connectivity index (χ2v) is 6.74. The van der Waals surface area contributed by atoms with Crippen LogP contribution in [0.4, 0.5) is 0 Å². The van der Waals surface area contributed by atoms with Gasteiger partial charge < -0.3 is 14.6 Å². The molecule has 6 heteroatoms. The molecule has 1 N–H and O–H groups in total. The summed E-state index contributed by atoms with van der Waals surface area (Å²) in [6.07, 6.45) is 3.08. The number of thioether (sulfide) groups is 1. The van der Waals surface area contributed by atoms with Gasteiger partial charge in [0.15, 0.2) is 5.16 Å². The molecule has 0 aliphatic rings. The van der Waals surface area contributed by atoms with Crippen molar-refractivity contribution in [1.29, 1.82) is 0 Å². The predicted molar refractivity (Wildman–Crippen MR) is 82.4 cm³/mol. The number of aryl methyl sites for hydroxylation is 1. The molecule has 1 heterocycles. The Labute approximate surface area is 125 Å². The molecule has 20 heavy (non-hydrogen) atoms. The first-order valence-electron chi connectivity index (χ1n) is 6.84. The summed E-state index contributed by atoms with van der Waals surface area (Å²) in [5, 5.41) is 9.64. The highest BCUT2D eigenvalue weighted by atomic mass is 32.2. The van der Waals surface area contributed by atoms with Crippen LogP contribution in [0, 0.1) is 12.8 Å². The van der Waals surface area contributed by atoms with Crippen molar-refractivity contribution in [1.82, 2.24) is 14.5 Å². The summed E-state index contributed by atoms with van der Waals surface area (Å²) < 4.78 is 2.14. The fourth-order valence-electron chi connectivity index (χ4n) is 2.23. The SMILES string of the molecule is Cc1cn(C(CC(C)C)CN(C)C)c(SCC(=O)O)n1. The van der Waals surface area contributed by atoms with Gasteiger partial charge in [-0.05, 0) is 33.4 Å². The zero-order valence-corrected chi connectivity index (χ0v) is 13.8. The zero-order chi connectivity index (χ0) is 15.3. The molecule has 0 radical (unpaired) electrons. The number of nitrogens with zero attached hydrogens (tertiary/aromatic N) is 3. The van der Waals surface area contributed by atoms with Crippen molar-refractivity contribution < 1.29 is 9.90 Å². The van der Waals surface area contributed by atoms with Gasteiger partial charge in [0, 0.05) is 18.8 Å². The molecule has 0 aromatic carbocycles. The number of hydrogen-bond donors (Lipinski definition) is 1. The highest BCUT2D eigenvalue weighted by Crippen LogP contribution is 2.26. The second-order valence-electron chi connectivity index (χ2n) is 5.80. The summed E-state index contributed by atoms with van der Waals surface area (Å²) in [5.74, 6) is -0.178. The number of imidazole rings is 1. The normalized spacial score (nSPS) is 13.2. The van der Waals surface area contributed by atoms with E-state index in [9.17, 15) is 4.79 Å². The number of likely N-dealkylation sites (N-methyl/N-ethyl adjacent to an activating group) is 1. The number of aliphatic carboxylic acids is 1. The Morgan fingerprint density at radius 2 is 2.15 bits per heavy atom. The van der Waals surface area contributed by atoms with Gasteiger partial charge in [0.2, 0.25) is 0 Å². The van der Waals surface area contributed by atoms with Gasteiger partial charge in [-0.1, -0.05) is 25.6 Å². The fraction of sp³-hybridized carbons (Fsp3) is 0.714. The molecule has 0 saturated heterocycles. The van der Waals surface area contributed by atoms with E-state index in [1.807, 2.05) is 13.1 Å². The molecular formula is C14H25N3O2S. The van der Waals surface area contributed by atoms with E-state index in [-0.39, 0.29) is 5.75 Å². The average molecular weight is 299 g/mol. The summed E-state index contributed by atoms with van der Waals surface area (Å²) in [7, 11) is 4.11. The maximum atomic E-state index is 10.8. The van der Waals surface area contributed by atoms with Crippen LogP contribution in [0.1, 0.15) is 32.0 Å². The minimum absolute atomic E-state index is 0.0484. The van der Waals surface area contributed by atoms with E-state index in [2.05, 4.69) is 42.4 Å². The third kappa shape index (κ3) is 5.54. The van der Waals surface area contributed by atoms with Crippen molar-refractivity contribution >= 4 is 17.7 Å². The van der Waals surface area contributed by atoms with E-state index >= 15 is 0 Å². The highest BCUT2D eigenvalue weighted by molar-refractivity contribution is 7.99. The summed E-state index contributed by atoms with van der Waals surface area (Å²) >= 11 is 1.29. The molecule has 1 aromatic heterocycles. The van der Waals surface area contributed by atoms with Crippen molar-refractivity contribution in [3.05, 3.63) is 11.9 Å². The molecule has 0 aliphatic carbocycles. The quantitative estimate of drug-likeness (QED) is 0.747. The van der Waals surface area contributed by atoms with Crippen LogP contribution in [0.25, 0.3) is 0 Å². The molecule has 0 fully saturated rings. The van der Waals surface area contributed by atoms with Crippen LogP contribution in [-0.2, 0) is 4.79 Å². The van der Waals surface area contributed by atoms with Crippen molar-refractivity contribution in [2.75, 3.05) is 26.4 Å². The number of carboxylic acids is 1. The molecule has 1 atom stereocenters. The topological polar surface area (TPSA) is 58.4 Å². The van der Waals surface area contributed by atoms with E-state index in [1.54, 1.807) is 0 Å². The fourth-order valence-corrected chi connectivity index (χ4v) is 3.04. The lowest BCUT2D eigenvalue weighted by Gasteiger charge is -2.25. The Bertz CT molecular complexity index is 434. The Morgan fingerprint density at radius 1 is 1.50 bits per heavy atom. The van der Waals surface area contributed by atoms with Crippen LogP contribution in [0.15, 0.2) is 11.4 Å². The van der Waals surface area contributed by atoms with Gasteiger partial charge in [0.05, 0.1) is 11.4 Å². The van der Waals surface area contributed by atoms with E-state index in [4.69, 9.17) is 5.11 Å². The number of aromatic nitrogens is 2. The van der Waals surface area contributed by atoms with Gasteiger partial charge in [-0.15, -0.1) is 0 Å². The maximum absolute atomic E-state index is 10.8. The van der Waals surface area contributed by atoms with Crippen LogP contribution in [-0.4, -0.2) is 51.9 Å². The van der Waals surface area contributed by atoms with Crippen molar-refractivity contribution in [3.8, 4) is 0 Å². The van der Waals surface area contributed by atoms with Gasteiger partial charge >= 0.3 is 5.97 Å². The molecule has 1 unspecified atom stereocenters. The van der Waals surface area contributed by atoms with Crippen LogP contribution >= 0.6 is 11.8 Å². The largest absolute Gasteiger partial charge is 0.481 e. The Kier molecular flexibility index (Phi) is 6.55. The molecule has 114 valence electrons. The lowest BCUT2D eigenvalue weighted by atomic mass is 10.0. The Balaban J connectivity index is 2.95. The third-order valence-corrected chi connectivity index (χ3v) is 3.81. The van der Waals surface area contributed by atoms with Crippen molar-refractivity contribution in [2.45, 2.75) is 38.4 Å². The average Bonchev–Trinajstić information content (AvgIpc) is 2.65. The molecule has 0 amide bonds. The van der Waals surface area contributed by atoms with E-state index < -0.39 is 5.97 Å². The molecule has 1 aromatic rings. The highest BCUT2D eigenvalue weighted by Gasteiger charge is 2.19. The van der Waals surface area contributed by atoms with Gasteiger partial charge in [-0.3, -0.25) is 4.79 Å². The van der Waals surface area contributed by atoms with Gasteiger partial charge in [0.1, 0.15) is 0 Å². The molecule has 1 rings (SSSR count). The second kappa shape index (κ2) is 7.69. The standard InChI is InChI=1S/C14H25N3O2S/c1-10(2)6-12(8-16(4)5)17-7-11(3)15-14(17)20-9-13(18)19/h7,10,12H,6,8-9H2,1-5H3,(H,18,19). The summed E-state index contributed by atoms with van der Waals surface area (Å²) in [5.41, 5.74) is 0.936. The van der Waals surface area contributed by atoms with Gasteiger partial charge in [-0.2, -0.15) is 0 Å². The molecule has 0 spiro atoms. The summed E-state index contributed by atoms with van der Waals surface area (Å²) in [6, 6.07) is 0.322. The first-order valence-corrected chi connectivity index (χ1v) is 7.83. The summed E-state index contributed by atoms with van der Waals surface area (Å²) in [4.78, 5) is 17.4.